The molecule has 2 aromatic rings. The van der Waals surface area contributed by atoms with Gasteiger partial charge in [-0.1, -0.05) is 6.42 Å². The second-order valence-corrected chi connectivity index (χ2v) is 6.26. The molecule has 2 aromatic heterocycles. The van der Waals surface area contributed by atoms with E-state index in [0.717, 1.165) is 35.5 Å². The van der Waals surface area contributed by atoms with E-state index in [1.165, 1.54) is 12.8 Å². The van der Waals surface area contributed by atoms with Gasteiger partial charge in [-0.15, -0.1) is 0 Å². The summed E-state index contributed by atoms with van der Waals surface area (Å²) in [5, 5.41) is 12.8. The van der Waals surface area contributed by atoms with Gasteiger partial charge in [0, 0.05) is 19.3 Å². The second-order valence-electron chi connectivity index (χ2n) is 5.45. The molecule has 6 heteroatoms. The summed E-state index contributed by atoms with van der Waals surface area (Å²) in [6, 6.07) is 0. The van der Waals surface area contributed by atoms with Crippen LogP contribution < -0.4 is 5.32 Å². The number of rotatable bonds is 5. The molecule has 1 aliphatic carbocycles. The van der Waals surface area contributed by atoms with Gasteiger partial charge in [0.2, 0.25) is 0 Å². The summed E-state index contributed by atoms with van der Waals surface area (Å²) in [4.78, 5) is 8.51. The van der Waals surface area contributed by atoms with Crippen LogP contribution in [-0.4, -0.2) is 32.6 Å². The van der Waals surface area contributed by atoms with Crippen molar-refractivity contribution in [2.75, 3.05) is 13.2 Å². The molecule has 20 heavy (non-hydrogen) atoms. The number of imidazole rings is 1. The fourth-order valence-electron chi connectivity index (χ4n) is 3.06. The largest absolute Gasteiger partial charge is 0.396 e. The van der Waals surface area contributed by atoms with Crippen LogP contribution in [0.15, 0.2) is 23.2 Å². The van der Waals surface area contributed by atoms with Crippen LogP contribution in [0.3, 0.4) is 0 Å². The van der Waals surface area contributed by atoms with Crippen molar-refractivity contribution >= 4 is 21.6 Å². The van der Waals surface area contributed by atoms with Gasteiger partial charge in [-0.05, 0) is 47.2 Å². The third kappa shape index (κ3) is 2.87. The molecule has 0 saturated heterocycles. The lowest BCUT2D eigenvalue weighted by Crippen LogP contribution is -2.26. The van der Waals surface area contributed by atoms with Crippen LogP contribution in [0.2, 0.25) is 0 Å². The van der Waals surface area contributed by atoms with Gasteiger partial charge < -0.3 is 10.4 Å². The number of hydrogen-bond donors (Lipinski definition) is 2. The average molecular weight is 339 g/mol. The lowest BCUT2D eigenvalue weighted by atomic mass is 9.97. The molecule has 2 unspecified atom stereocenters. The van der Waals surface area contributed by atoms with Crippen molar-refractivity contribution < 1.29 is 5.11 Å². The standard InChI is InChI=1S/C14H19BrN4O/c15-13-8-19-12(6-18-14(19)7-17-13)5-16-4-10-2-1-3-11(10)9-20/h6-8,10-11,16,20H,1-5,9H2. The Labute approximate surface area is 126 Å². The summed E-state index contributed by atoms with van der Waals surface area (Å²) in [6.07, 6.45) is 9.20. The molecular formula is C14H19BrN4O. The highest BCUT2D eigenvalue weighted by Crippen LogP contribution is 2.30. The molecule has 108 valence electrons. The summed E-state index contributed by atoms with van der Waals surface area (Å²) in [6.45, 7) is 2.07. The van der Waals surface area contributed by atoms with Gasteiger partial charge in [0.05, 0.1) is 18.1 Å². The quantitative estimate of drug-likeness (QED) is 0.875. The SMILES string of the molecule is OCC1CCCC1CNCc1cnc2cnc(Br)cn12. The maximum atomic E-state index is 9.34. The van der Waals surface area contributed by atoms with Gasteiger partial charge in [-0.3, -0.25) is 4.40 Å². The summed E-state index contributed by atoms with van der Waals surface area (Å²) >= 11 is 3.38. The molecule has 0 spiro atoms. The number of aliphatic hydroxyl groups is 1. The van der Waals surface area contributed by atoms with Crippen molar-refractivity contribution in [3.8, 4) is 0 Å². The Morgan fingerprint density at radius 2 is 2.15 bits per heavy atom. The van der Waals surface area contributed by atoms with E-state index in [0.29, 0.717) is 18.4 Å². The normalized spacial score (nSPS) is 22.7. The van der Waals surface area contributed by atoms with Gasteiger partial charge in [0.1, 0.15) is 4.60 Å². The maximum Gasteiger partial charge on any atom is 0.155 e. The topological polar surface area (TPSA) is 62.5 Å². The van der Waals surface area contributed by atoms with Gasteiger partial charge in [0.25, 0.3) is 0 Å². The maximum absolute atomic E-state index is 9.34. The molecule has 5 nitrogen and oxygen atoms in total. The average Bonchev–Trinajstić information content (AvgIpc) is 3.06. The summed E-state index contributed by atoms with van der Waals surface area (Å²) in [7, 11) is 0. The van der Waals surface area contributed by atoms with Gasteiger partial charge >= 0.3 is 0 Å². The van der Waals surface area contributed by atoms with Gasteiger partial charge in [-0.2, -0.15) is 0 Å². The number of aromatic nitrogens is 3. The number of halogens is 1. The predicted molar refractivity (Wildman–Crippen MR) is 80.3 cm³/mol. The lowest BCUT2D eigenvalue weighted by molar-refractivity contribution is 0.192. The first-order chi connectivity index (χ1) is 9.78. The van der Waals surface area contributed by atoms with E-state index < -0.39 is 0 Å². The molecular weight excluding hydrogens is 320 g/mol. The fraction of sp³-hybridized carbons (Fsp3) is 0.571. The number of hydrogen-bond acceptors (Lipinski definition) is 4. The van der Waals surface area contributed by atoms with E-state index in [1.54, 1.807) is 6.20 Å². The van der Waals surface area contributed by atoms with E-state index in [2.05, 4.69) is 31.2 Å². The zero-order valence-corrected chi connectivity index (χ0v) is 12.9. The second kappa shape index (κ2) is 6.20. The highest BCUT2D eigenvalue weighted by molar-refractivity contribution is 9.10. The van der Waals surface area contributed by atoms with Crippen LogP contribution in [0, 0.1) is 11.8 Å². The summed E-state index contributed by atoms with van der Waals surface area (Å²) in [5.74, 6) is 1.08. The Balaban J connectivity index is 1.61. The van der Waals surface area contributed by atoms with E-state index in [9.17, 15) is 5.11 Å². The van der Waals surface area contributed by atoms with Crippen LogP contribution in [0.1, 0.15) is 25.0 Å². The zero-order chi connectivity index (χ0) is 13.9. The fourth-order valence-corrected chi connectivity index (χ4v) is 3.36. The first-order valence-electron chi connectivity index (χ1n) is 7.07. The van der Waals surface area contributed by atoms with Crippen molar-refractivity contribution in [1.82, 2.24) is 19.7 Å². The number of nitrogens with zero attached hydrogens (tertiary/aromatic N) is 3. The van der Waals surface area contributed by atoms with E-state index in [4.69, 9.17) is 0 Å². The molecule has 1 saturated carbocycles. The minimum Gasteiger partial charge on any atom is -0.396 e. The van der Waals surface area contributed by atoms with Crippen LogP contribution >= 0.6 is 15.9 Å². The van der Waals surface area contributed by atoms with Gasteiger partial charge in [-0.25, -0.2) is 9.97 Å². The molecule has 0 bridgehead atoms. The molecule has 0 radical (unpaired) electrons. The molecule has 0 amide bonds. The third-order valence-electron chi connectivity index (χ3n) is 4.20. The number of fused-ring (bicyclic) bond motifs is 1. The van der Waals surface area contributed by atoms with Crippen molar-refractivity contribution in [1.29, 1.82) is 0 Å². The number of nitrogens with one attached hydrogen (secondary N) is 1. The molecule has 2 heterocycles. The van der Waals surface area contributed by atoms with Crippen molar-refractivity contribution in [2.45, 2.75) is 25.8 Å². The van der Waals surface area contributed by atoms with Crippen LogP contribution in [-0.2, 0) is 6.54 Å². The Kier molecular flexibility index (Phi) is 4.33. The molecule has 1 fully saturated rings. The minimum absolute atomic E-state index is 0.320. The first kappa shape index (κ1) is 14.0. The summed E-state index contributed by atoms with van der Waals surface area (Å²) < 4.78 is 2.85. The molecule has 0 aliphatic heterocycles. The summed E-state index contributed by atoms with van der Waals surface area (Å²) in [5.41, 5.74) is 1.99. The first-order valence-corrected chi connectivity index (χ1v) is 7.86. The van der Waals surface area contributed by atoms with Crippen molar-refractivity contribution in [3.63, 3.8) is 0 Å². The third-order valence-corrected chi connectivity index (χ3v) is 4.61. The predicted octanol–water partition coefficient (Wildman–Crippen LogP) is 1.99. The minimum atomic E-state index is 0.320. The molecule has 2 N–H and O–H groups in total. The number of aliphatic hydroxyl groups excluding tert-OH is 1. The Hall–Kier alpha value is -0.980. The highest BCUT2D eigenvalue weighted by atomic mass is 79.9. The molecule has 1 aliphatic rings. The van der Waals surface area contributed by atoms with E-state index in [-0.39, 0.29) is 0 Å². The van der Waals surface area contributed by atoms with Crippen LogP contribution in [0.4, 0.5) is 0 Å². The smallest absolute Gasteiger partial charge is 0.155 e. The van der Waals surface area contributed by atoms with E-state index >= 15 is 0 Å². The van der Waals surface area contributed by atoms with Crippen LogP contribution in [0.25, 0.3) is 5.65 Å². The van der Waals surface area contributed by atoms with Crippen molar-refractivity contribution in [2.24, 2.45) is 11.8 Å². The Morgan fingerprint density at radius 3 is 3.00 bits per heavy atom. The van der Waals surface area contributed by atoms with Crippen LogP contribution in [0.5, 0.6) is 0 Å². The van der Waals surface area contributed by atoms with Crippen molar-refractivity contribution in [3.05, 3.63) is 28.9 Å². The Morgan fingerprint density at radius 1 is 1.30 bits per heavy atom. The zero-order valence-electron chi connectivity index (χ0n) is 11.3. The molecule has 0 aromatic carbocycles. The van der Waals surface area contributed by atoms with E-state index in [1.807, 2.05) is 16.8 Å². The molecule has 2 atom stereocenters. The van der Waals surface area contributed by atoms with Gasteiger partial charge in [0.15, 0.2) is 5.65 Å². The Bertz CT molecular complexity index is 586. The highest BCUT2D eigenvalue weighted by Gasteiger charge is 2.25. The molecule has 3 rings (SSSR count). The monoisotopic (exact) mass is 338 g/mol. The lowest BCUT2D eigenvalue weighted by Gasteiger charge is -2.17.